The fourth-order valence-electron chi connectivity index (χ4n) is 3.46. The van der Waals surface area contributed by atoms with Crippen molar-refractivity contribution in [3.8, 4) is 0 Å². The molecule has 27 heavy (non-hydrogen) atoms. The fraction of sp³-hybridized carbons (Fsp3) is 0.429. The molecule has 0 spiro atoms. The molecule has 2 aromatic rings. The number of carbonyl (C=O) groups is 1. The Labute approximate surface area is 170 Å². The largest absolute Gasteiger partial charge is 0.465 e. The van der Waals surface area contributed by atoms with Crippen molar-refractivity contribution < 1.29 is 9.53 Å². The van der Waals surface area contributed by atoms with Gasteiger partial charge in [0.25, 0.3) is 0 Å². The Bertz CT molecular complexity index is 830. The molecule has 0 aliphatic heterocycles. The minimum Gasteiger partial charge on any atom is -0.465 e. The molecule has 0 radical (unpaired) electrons. The highest BCUT2D eigenvalue weighted by Crippen LogP contribution is 2.37. The monoisotopic (exact) mass is 402 g/mol. The van der Waals surface area contributed by atoms with E-state index in [1.165, 1.54) is 36.8 Å². The summed E-state index contributed by atoms with van der Waals surface area (Å²) in [6, 6.07) is 8.18. The molecule has 0 saturated carbocycles. The van der Waals surface area contributed by atoms with E-state index in [2.05, 4.69) is 29.7 Å². The van der Waals surface area contributed by atoms with Crippen molar-refractivity contribution in [3.05, 3.63) is 45.8 Å². The molecule has 2 N–H and O–H groups in total. The second-order valence-corrected chi connectivity index (χ2v) is 8.26. The number of carbonyl (C=O) groups excluding carboxylic acids is 1. The molecule has 0 unspecified atom stereocenters. The Hall–Kier alpha value is -1.92. The van der Waals surface area contributed by atoms with Gasteiger partial charge in [0.1, 0.15) is 5.00 Å². The summed E-state index contributed by atoms with van der Waals surface area (Å²) in [5.41, 5.74) is 3.99. The number of rotatable bonds is 4. The van der Waals surface area contributed by atoms with Gasteiger partial charge in [0, 0.05) is 10.6 Å². The average molecular weight is 403 g/mol. The molecule has 0 amide bonds. The number of esters is 1. The Balaban J connectivity index is 1.83. The molecule has 0 fully saturated rings. The van der Waals surface area contributed by atoms with Crippen LogP contribution in [0, 0.1) is 0 Å². The van der Waals surface area contributed by atoms with Gasteiger partial charge in [-0.15, -0.1) is 11.3 Å². The number of ether oxygens (including phenoxy) is 1. The van der Waals surface area contributed by atoms with Crippen LogP contribution in [-0.2, 0) is 24.0 Å². The van der Waals surface area contributed by atoms with Crippen LogP contribution in [0.5, 0.6) is 0 Å². The zero-order valence-electron chi connectivity index (χ0n) is 15.9. The zero-order valence-corrected chi connectivity index (χ0v) is 17.5. The third kappa shape index (κ3) is 4.87. The van der Waals surface area contributed by atoms with Crippen LogP contribution in [0.25, 0.3) is 0 Å². The molecule has 4 nitrogen and oxygen atoms in total. The highest BCUT2D eigenvalue weighted by atomic mass is 32.1. The molecular weight excluding hydrogens is 376 g/mol. The van der Waals surface area contributed by atoms with Gasteiger partial charge in [0.05, 0.1) is 12.7 Å². The third-order valence-corrected chi connectivity index (χ3v) is 6.29. The molecule has 1 aromatic carbocycles. The molecule has 0 bridgehead atoms. The summed E-state index contributed by atoms with van der Waals surface area (Å²) in [6.07, 6.45) is 7.66. The summed E-state index contributed by atoms with van der Waals surface area (Å²) in [7, 11) is 1.44. The normalized spacial score (nSPS) is 13.9. The van der Waals surface area contributed by atoms with E-state index in [1.54, 1.807) is 11.3 Å². The predicted molar refractivity (Wildman–Crippen MR) is 117 cm³/mol. The first-order valence-electron chi connectivity index (χ1n) is 9.52. The maximum atomic E-state index is 12.5. The van der Waals surface area contributed by atoms with E-state index in [1.807, 2.05) is 12.1 Å². The van der Waals surface area contributed by atoms with E-state index in [0.717, 1.165) is 41.9 Å². The Morgan fingerprint density at radius 3 is 2.70 bits per heavy atom. The van der Waals surface area contributed by atoms with E-state index >= 15 is 0 Å². The Morgan fingerprint density at radius 1 is 1.19 bits per heavy atom. The van der Waals surface area contributed by atoms with Crippen LogP contribution in [0.4, 0.5) is 10.7 Å². The number of nitrogens with one attached hydrogen (secondary N) is 2. The summed E-state index contributed by atoms with van der Waals surface area (Å²) in [4.78, 5) is 13.8. The van der Waals surface area contributed by atoms with Gasteiger partial charge in [-0.05, 0) is 67.6 Å². The predicted octanol–water partition coefficient (Wildman–Crippen LogP) is 5.57. The molecule has 3 rings (SSSR count). The van der Waals surface area contributed by atoms with Gasteiger partial charge < -0.3 is 15.4 Å². The quantitative estimate of drug-likeness (QED) is 0.517. The summed E-state index contributed by atoms with van der Waals surface area (Å²) in [6.45, 7) is 2.12. The number of anilines is 2. The van der Waals surface area contributed by atoms with Crippen molar-refractivity contribution in [3.63, 3.8) is 0 Å². The molecule has 6 heteroatoms. The van der Waals surface area contributed by atoms with E-state index in [9.17, 15) is 4.79 Å². The van der Waals surface area contributed by atoms with E-state index < -0.39 is 0 Å². The summed E-state index contributed by atoms with van der Waals surface area (Å²) >= 11 is 7.14. The van der Waals surface area contributed by atoms with Gasteiger partial charge in [0.15, 0.2) is 5.11 Å². The number of methoxy groups -OCH3 is 1. The van der Waals surface area contributed by atoms with Crippen LogP contribution in [-0.4, -0.2) is 18.2 Å². The van der Waals surface area contributed by atoms with Crippen LogP contribution in [0.15, 0.2) is 24.3 Å². The maximum absolute atomic E-state index is 12.5. The van der Waals surface area contributed by atoms with Crippen molar-refractivity contribution in [2.45, 2.75) is 51.9 Å². The summed E-state index contributed by atoms with van der Waals surface area (Å²) in [5.74, 6) is -0.286. The lowest BCUT2D eigenvalue weighted by molar-refractivity contribution is 0.0601. The van der Waals surface area contributed by atoms with Gasteiger partial charge >= 0.3 is 5.97 Å². The Kier molecular flexibility index (Phi) is 6.85. The van der Waals surface area contributed by atoms with Gasteiger partial charge in [-0.3, -0.25) is 0 Å². The molecule has 1 aliphatic rings. The van der Waals surface area contributed by atoms with Gasteiger partial charge in [-0.1, -0.05) is 31.9 Å². The number of thiocarbonyl (C=S) groups is 1. The summed E-state index contributed by atoms with van der Waals surface area (Å²) < 4.78 is 5.07. The van der Waals surface area contributed by atoms with E-state index in [-0.39, 0.29) is 5.97 Å². The van der Waals surface area contributed by atoms with Crippen molar-refractivity contribution in [1.82, 2.24) is 0 Å². The molecule has 1 aromatic heterocycles. The fourth-order valence-corrected chi connectivity index (χ4v) is 5.03. The number of hydrogen-bond donors (Lipinski definition) is 2. The summed E-state index contributed by atoms with van der Waals surface area (Å²) in [5, 5.41) is 7.76. The number of thiophene rings is 1. The topological polar surface area (TPSA) is 50.4 Å². The minimum atomic E-state index is -0.286. The standard InChI is InChI=1S/C21H26N2O2S2/c1-3-14-9-8-10-15(13-14)22-21(26)23-19-18(20(24)25-2)16-11-6-4-5-7-12-17(16)27-19/h8-10,13H,3-7,11-12H2,1-2H3,(H2,22,23,26). The first kappa shape index (κ1) is 19.8. The smallest absolute Gasteiger partial charge is 0.341 e. The first-order chi connectivity index (χ1) is 13.1. The van der Waals surface area contributed by atoms with Gasteiger partial charge in [0.2, 0.25) is 0 Å². The highest BCUT2D eigenvalue weighted by molar-refractivity contribution is 7.80. The first-order valence-corrected chi connectivity index (χ1v) is 10.7. The van der Waals surface area contributed by atoms with E-state index in [4.69, 9.17) is 17.0 Å². The lowest BCUT2D eigenvalue weighted by Gasteiger charge is -2.12. The SMILES string of the molecule is CCc1cccc(NC(=S)Nc2sc3c(c2C(=O)OC)CCCCCC3)c1. The lowest BCUT2D eigenvalue weighted by atomic mass is 9.96. The molecule has 0 atom stereocenters. The molecular formula is C21H26N2O2S2. The Morgan fingerprint density at radius 2 is 1.96 bits per heavy atom. The van der Waals surface area contributed by atoms with Crippen LogP contribution >= 0.6 is 23.6 Å². The van der Waals surface area contributed by atoms with Crippen molar-refractivity contribution in [1.29, 1.82) is 0 Å². The zero-order chi connectivity index (χ0) is 19.2. The number of hydrogen-bond acceptors (Lipinski definition) is 4. The van der Waals surface area contributed by atoms with Gasteiger partial charge in [-0.2, -0.15) is 0 Å². The van der Waals surface area contributed by atoms with Gasteiger partial charge in [-0.25, -0.2) is 4.79 Å². The minimum absolute atomic E-state index is 0.286. The van der Waals surface area contributed by atoms with Crippen molar-refractivity contribution in [2.75, 3.05) is 17.7 Å². The number of fused-ring (bicyclic) bond motifs is 1. The van der Waals surface area contributed by atoms with Crippen molar-refractivity contribution in [2.24, 2.45) is 0 Å². The molecule has 0 saturated heterocycles. The molecule has 1 aliphatic carbocycles. The highest BCUT2D eigenvalue weighted by Gasteiger charge is 2.25. The lowest BCUT2D eigenvalue weighted by Crippen LogP contribution is -2.20. The van der Waals surface area contributed by atoms with Crippen molar-refractivity contribution >= 4 is 45.3 Å². The average Bonchev–Trinajstić information content (AvgIpc) is 2.97. The molecule has 144 valence electrons. The van der Waals surface area contributed by atoms with Crippen LogP contribution in [0.3, 0.4) is 0 Å². The van der Waals surface area contributed by atoms with Crippen LogP contribution in [0.2, 0.25) is 0 Å². The molecule has 1 heterocycles. The number of aryl methyl sites for hydroxylation is 2. The maximum Gasteiger partial charge on any atom is 0.341 e. The van der Waals surface area contributed by atoms with Crippen LogP contribution < -0.4 is 10.6 Å². The third-order valence-electron chi connectivity index (χ3n) is 4.88. The van der Waals surface area contributed by atoms with E-state index in [0.29, 0.717) is 10.7 Å². The van der Waals surface area contributed by atoms with Crippen LogP contribution in [0.1, 0.15) is 59.0 Å². The second kappa shape index (κ2) is 9.33. The number of benzene rings is 1. The second-order valence-electron chi connectivity index (χ2n) is 6.75.